The van der Waals surface area contributed by atoms with E-state index in [9.17, 15) is 9.90 Å². The largest absolute Gasteiger partial charge is 0.467 e. The fraction of sp³-hybridized carbons (Fsp3) is 0.750. The quantitative estimate of drug-likeness (QED) is 0.796. The van der Waals surface area contributed by atoms with Crippen LogP contribution in [0, 0.1) is 0 Å². The Morgan fingerprint density at radius 2 is 1.96 bits per heavy atom. The van der Waals surface area contributed by atoms with Crippen molar-refractivity contribution in [2.24, 2.45) is 0 Å². The van der Waals surface area contributed by atoms with Gasteiger partial charge in [0, 0.05) is 31.8 Å². The maximum Gasteiger partial charge on any atom is 0.237 e. The topological polar surface area (TPSA) is 78.2 Å². The molecule has 3 fully saturated rings. The molecule has 27 heavy (non-hydrogen) atoms. The lowest BCUT2D eigenvalue weighted by Gasteiger charge is -2.42. The third-order valence-electron chi connectivity index (χ3n) is 6.31. The van der Waals surface area contributed by atoms with Crippen LogP contribution in [0.3, 0.4) is 0 Å². The second-order valence-corrected chi connectivity index (χ2v) is 8.01. The number of hydrogen-bond donors (Lipinski definition) is 2. The fourth-order valence-corrected chi connectivity index (χ4v) is 4.84. The zero-order chi connectivity index (χ0) is 18.6. The molecule has 0 unspecified atom stereocenters. The second kappa shape index (κ2) is 8.73. The highest BCUT2D eigenvalue weighted by Crippen LogP contribution is 2.28. The molecule has 3 saturated heterocycles. The molecule has 7 nitrogen and oxygen atoms in total. The van der Waals surface area contributed by atoms with Gasteiger partial charge in [0.1, 0.15) is 5.76 Å². The Morgan fingerprint density at radius 1 is 1.19 bits per heavy atom. The van der Waals surface area contributed by atoms with Crippen molar-refractivity contribution in [2.75, 3.05) is 32.8 Å². The van der Waals surface area contributed by atoms with Crippen molar-refractivity contribution in [1.29, 1.82) is 0 Å². The van der Waals surface area contributed by atoms with Gasteiger partial charge in [-0.15, -0.1) is 0 Å². The summed E-state index contributed by atoms with van der Waals surface area (Å²) >= 11 is 0. The van der Waals surface area contributed by atoms with Crippen LogP contribution >= 0.6 is 0 Å². The van der Waals surface area contributed by atoms with E-state index in [1.165, 1.54) is 0 Å². The first-order chi connectivity index (χ1) is 13.2. The minimum atomic E-state index is -0.419. The summed E-state index contributed by atoms with van der Waals surface area (Å²) < 4.78 is 10.8. The predicted octanol–water partition coefficient (Wildman–Crippen LogP) is 0.974. The Balaban J connectivity index is 1.30. The number of aliphatic hydroxyl groups is 1. The molecule has 4 rings (SSSR count). The zero-order valence-electron chi connectivity index (χ0n) is 15.9. The molecule has 1 aromatic rings. The van der Waals surface area contributed by atoms with Gasteiger partial charge >= 0.3 is 0 Å². The minimum Gasteiger partial charge on any atom is -0.467 e. The summed E-state index contributed by atoms with van der Waals surface area (Å²) in [7, 11) is 0. The third kappa shape index (κ3) is 4.54. The normalized spacial score (nSPS) is 29.2. The van der Waals surface area contributed by atoms with E-state index in [-0.39, 0.29) is 11.9 Å². The molecule has 0 radical (unpaired) electrons. The Labute approximate surface area is 160 Å². The molecule has 2 N–H and O–H groups in total. The van der Waals surface area contributed by atoms with Gasteiger partial charge in [-0.25, -0.2) is 0 Å². The van der Waals surface area contributed by atoms with Crippen molar-refractivity contribution in [3.05, 3.63) is 24.2 Å². The summed E-state index contributed by atoms with van der Waals surface area (Å²) in [5.74, 6) is 0.744. The van der Waals surface area contributed by atoms with Gasteiger partial charge in [0.25, 0.3) is 0 Å². The average molecular weight is 377 g/mol. The van der Waals surface area contributed by atoms with E-state index >= 15 is 0 Å². The monoisotopic (exact) mass is 377 g/mol. The molecule has 0 spiro atoms. The smallest absolute Gasteiger partial charge is 0.237 e. The lowest BCUT2D eigenvalue weighted by Crippen LogP contribution is -2.53. The van der Waals surface area contributed by atoms with Gasteiger partial charge in [-0.3, -0.25) is 9.69 Å². The van der Waals surface area contributed by atoms with Gasteiger partial charge in [-0.05, 0) is 57.3 Å². The van der Waals surface area contributed by atoms with Crippen molar-refractivity contribution in [1.82, 2.24) is 15.1 Å². The number of ether oxygens (including phenoxy) is 1. The number of nitrogens with one attached hydrogen (secondary N) is 1. The van der Waals surface area contributed by atoms with Crippen LogP contribution < -0.4 is 5.32 Å². The van der Waals surface area contributed by atoms with Gasteiger partial charge in [0.2, 0.25) is 5.91 Å². The molecule has 0 bridgehead atoms. The zero-order valence-corrected chi connectivity index (χ0v) is 15.9. The highest BCUT2D eigenvalue weighted by Gasteiger charge is 2.41. The van der Waals surface area contributed by atoms with Gasteiger partial charge in [-0.2, -0.15) is 0 Å². The molecule has 150 valence electrons. The number of piperidine rings is 1. The van der Waals surface area contributed by atoms with E-state index in [2.05, 4.69) is 15.1 Å². The highest BCUT2D eigenvalue weighted by atomic mass is 16.5. The summed E-state index contributed by atoms with van der Waals surface area (Å²) in [5.41, 5.74) is 0. The van der Waals surface area contributed by atoms with Crippen LogP contribution in [0.25, 0.3) is 0 Å². The Hall–Kier alpha value is -1.41. The van der Waals surface area contributed by atoms with Gasteiger partial charge in [0.15, 0.2) is 0 Å². The molecule has 1 amide bonds. The predicted molar refractivity (Wildman–Crippen MR) is 100 cm³/mol. The minimum absolute atomic E-state index is 0.00481. The fourth-order valence-electron chi connectivity index (χ4n) is 4.84. The number of β-amino-alcohol motifs (C(OH)–C–C–N with tert-alkyl or cyclic N) is 1. The van der Waals surface area contributed by atoms with Gasteiger partial charge < -0.3 is 24.5 Å². The summed E-state index contributed by atoms with van der Waals surface area (Å²) in [6.45, 7) is 4.89. The first-order valence-corrected chi connectivity index (χ1v) is 10.3. The molecule has 0 aliphatic carbocycles. The number of amides is 1. The number of hydrogen-bond acceptors (Lipinski definition) is 6. The van der Waals surface area contributed by atoms with E-state index < -0.39 is 6.10 Å². The van der Waals surface area contributed by atoms with Crippen LogP contribution in [0.15, 0.2) is 22.8 Å². The van der Waals surface area contributed by atoms with E-state index in [4.69, 9.17) is 9.15 Å². The van der Waals surface area contributed by atoms with Crippen LogP contribution in [0.1, 0.15) is 37.9 Å². The van der Waals surface area contributed by atoms with E-state index in [0.29, 0.717) is 31.6 Å². The summed E-state index contributed by atoms with van der Waals surface area (Å²) in [6, 6.07) is 4.45. The van der Waals surface area contributed by atoms with Crippen LogP contribution in [0.4, 0.5) is 0 Å². The maximum atomic E-state index is 12.7. The molecule has 7 heteroatoms. The summed E-state index contributed by atoms with van der Waals surface area (Å²) in [4.78, 5) is 17.6. The molecule has 2 atom stereocenters. The number of aliphatic hydroxyl groups excluding tert-OH is 1. The highest BCUT2D eigenvalue weighted by molar-refractivity contribution is 5.82. The van der Waals surface area contributed by atoms with Crippen LogP contribution in [-0.2, 0) is 16.1 Å². The second-order valence-electron chi connectivity index (χ2n) is 8.01. The number of carbonyl (C=O) groups is 1. The number of carbonyl (C=O) groups excluding carboxylic acids is 1. The molecular weight excluding hydrogens is 346 g/mol. The SMILES string of the molecule is O=C(NCc1ccco1)[C@@H]1C[C@@H](O)CN1C1CCN(C2CCOCC2)CC1. The Kier molecular flexibility index (Phi) is 6.12. The Morgan fingerprint density at radius 3 is 2.67 bits per heavy atom. The van der Waals surface area contributed by atoms with Crippen LogP contribution in [0.5, 0.6) is 0 Å². The summed E-state index contributed by atoms with van der Waals surface area (Å²) in [5, 5.41) is 13.2. The van der Waals surface area contributed by atoms with Crippen molar-refractivity contribution < 1.29 is 19.1 Å². The van der Waals surface area contributed by atoms with Crippen molar-refractivity contribution in [3.63, 3.8) is 0 Å². The van der Waals surface area contributed by atoms with Crippen molar-refractivity contribution >= 4 is 5.91 Å². The number of rotatable bonds is 5. The van der Waals surface area contributed by atoms with Crippen LogP contribution in [0.2, 0.25) is 0 Å². The molecule has 4 heterocycles. The molecule has 3 aliphatic heterocycles. The number of furan rings is 1. The van der Waals surface area contributed by atoms with Gasteiger partial charge in [-0.1, -0.05) is 0 Å². The maximum absolute atomic E-state index is 12.7. The van der Waals surface area contributed by atoms with E-state index in [0.717, 1.165) is 57.7 Å². The first kappa shape index (κ1) is 18.9. The van der Waals surface area contributed by atoms with Gasteiger partial charge in [0.05, 0.1) is 25.0 Å². The first-order valence-electron chi connectivity index (χ1n) is 10.3. The number of likely N-dealkylation sites (tertiary alicyclic amines) is 2. The van der Waals surface area contributed by atoms with Crippen LogP contribution in [-0.4, -0.2) is 77.9 Å². The van der Waals surface area contributed by atoms with Crippen molar-refractivity contribution in [2.45, 2.75) is 62.9 Å². The number of nitrogens with zero attached hydrogens (tertiary/aromatic N) is 2. The average Bonchev–Trinajstić information content (AvgIpc) is 3.36. The standard InChI is InChI=1S/C20H31N3O4/c24-17-12-19(20(25)21-13-18-2-1-9-27-18)23(14-17)16-3-7-22(8-4-16)15-5-10-26-11-6-15/h1-2,9,15-17,19,24H,3-8,10-14H2,(H,21,25)/t17-,19+/m1/s1. The Bertz CT molecular complexity index is 594. The van der Waals surface area contributed by atoms with E-state index in [1.54, 1.807) is 6.26 Å². The third-order valence-corrected chi connectivity index (χ3v) is 6.31. The molecule has 0 aromatic carbocycles. The molecule has 0 saturated carbocycles. The lowest BCUT2D eigenvalue weighted by atomic mass is 9.98. The molecule has 3 aliphatic rings. The summed E-state index contributed by atoms with van der Waals surface area (Å²) in [6.07, 6.45) is 6.09. The van der Waals surface area contributed by atoms with Crippen molar-refractivity contribution in [3.8, 4) is 0 Å². The molecular formula is C20H31N3O4. The van der Waals surface area contributed by atoms with E-state index in [1.807, 2.05) is 12.1 Å². The molecule has 1 aromatic heterocycles. The lowest BCUT2D eigenvalue weighted by molar-refractivity contribution is -0.127.